The standard InChI is InChI=1S/C22H22O6/c1-13(2)9-10-27-15-7-5-14(6-8-15)21-22(26-4)20(24)19-17(23)11-16(25-3)12-18(19)28-21/h5-9,11-12,23H,10H2,1-4H3. The first-order valence-corrected chi connectivity index (χ1v) is 8.73. The van der Waals surface area contributed by atoms with Gasteiger partial charge in [-0.3, -0.25) is 4.79 Å². The van der Waals surface area contributed by atoms with Crippen molar-refractivity contribution in [1.82, 2.24) is 0 Å². The summed E-state index contributed by atoms with van der Waals surface area (Å²) < 4.78 is 22.0. The molecule has 0 spiro atoms. The smallest absolute Gasteiger partial charge is 0.239 e. The van der Waals surface area contributed by atoms with Gasteiger partial charge in [-0.2, -0.15) is 0 Å². The molecule has 0 unspecified atom stereocenters. The SMILES string of the molecule is COc1cc(O)c2c(=O)c(OC)c(-c3ccc(OCC=C(C)C)cc3)oc2c1. The molecule has 0 amide bonds. The zero-order valence-corrected chi connectivity index (χ0v) is 16.2. The first-order chi connectivity index (χ1) is 13.4. The minimum Gasteiger partial charge on any atom is -0.507 e. The van der Waals surface area contributed by atoms with E-state index >= 15 is 0 Å². The number of aromatic hydroxyl groups is 1. The van der Waals surface area contributed by atoms with Gasteiger partial charge in [-0.1, -0.05) is 5.57 Å². The van der Waals surface area contributed by atoms with E-state index in [1.165, 1.54) is 25.9 Å². The van der Waals surface area contributed by atoms with E-state index in [4.69, 9.17) is 18.6 Å². The molecular formula is C22H22O6. The number of benzene rings is 2. The molecule has 146 valence electrons. The van der Waals surface area contributed by atoms with Gasteiger partial charge >= 0.3 is 0 Å². The maximum absolute atomic E-state index is 12.8. The van der Waals surface area contributed by atoms with E-state index in [2.05, 4.69) is 0 Å². The fourth-order valence-corrected chi connectivity index (χ4v) is 2.76. The summed E-state index contributed by atoms with van der Waals surface area (Å²) in [5, 5.41) is 10.2. The van der Waals surface area contributed by atoms with Crippen LogP contribution in [0, 0.1) is 0 Å². The molecule has 3 aromatic rings. The predicted octanol–water partition coefficient (Wildman–Crippen LogP) is 4.53. The van der Waals surface area contributed by atoms with Gasteiger partial charge in [-0.15, -0.1) is 0 Å². The Hall–Kier alpha value is -3.41. The van der Waals surface area contributed by atoms with Crippen LogP contribution in [0.4, 0.5) is 0 Å². The average Bonchev–Trinajstić information content (AvgIpc) is 2.67. The van der Waals surface area contributed by atoms with E-state index in [0.717, 1.165) is 0 Å². The maximum Gasteiger partial charge on any atom is 0.239 e. The Kier molecular flexibility index (Phi) is 5.59. The van der Waals surface area contributed by atoms with E-state index in [-0.39, 0.29) is 28.2 Å². The van der Waals surface area contributed by atoms with Gasteiger partial charge < -0.3 is 23.7 Å². The first-order valence-electron chi connectivity index (χ1n) is 8.73. The van der Waals surface area contributed by atoms with Crippen LogP contribution in [0.3, 0.4) is 0 Å². The van der Waals surface area contributed by atoms with E-state index in [1.807, 2.05) is 19.9 Å². The highest BCUT2D eigenvalue weighted by molar-refractivity contribution is 5.88. The zero-order valence-electron chi connectivity index (χ0n) is 16.2. The van der Waals surface area contributed by atoms with Crippen molar-refractivity contribution < 1.29 is 23.7 Å². The molecule has 0 aliphatic heterocycles. The lowest BCUT2D eigenvalue weighted by Crippen LogP contribution is -2.08. The number of phenols is 1. The monoisotopic (exact) mass is 382 g/mol. The summed E-state index contributed by atoms with van der Waals surface area (Å²) in [5.41, 5.74) is 1.58. The van der Waals surface area contributed by atoms with Gasteiger partial charge in [0.2, 0.25) is 11.2 Å². The third-order valence-electron chi connectivity index (χ3n) is 4.20. The Labute approximate surface area is 162 Å². The van der Waals surface area contributed by atoms with Crippen LogP contribution < -0.4 is 19.6 Å². The van der Waals surface area contributed by atoms with Crippen LogP contribution in [-0.2, 0) is 0 Å². The summed E-state index contributed by atoms with van der Waals surface area (Å²) in [6.07, 6.45) is 1.99. The maximum atomic E-state index is 12.8. The molecule has 2 aromatic carbocycles. The largest absolute Gasteiger partial charge is 0.507 e. The van der Waals surface area contributed by atoms with Gasteiger partial charge in [0.1, 0.15) is 34.8 Å². The molecule has 1 heterocycles. The minimum atomic E-state index is -0.456. The number of methoxy groups -OCH3 is 2. The van der Waals surface area contributed by atoms with Crippen molar-refractivity contribution in [3.63, 3.8) is 0 Å². The van der Waals surface area contributed by atoms with E-state index in [1.54, 1.807) is 30.3 Å². The lowest BCUT2D eigenvalue weighted by Gasteiger charge is -2.11. The summed E-state index contributed by atoms with van der Waals surface area (Å²) in [4.78, 5) is 12.8. The van der Waals surface area contributed by atoms with Crippen LogP contribution in [0.2, 0.25) is 0 Å². The second-order valence-electron chi connectivity index (χ2n) is 6.43. The molecule has 0 saturated carbocycles. The number of ether oxygens (including phenoxy) is 3. The van der Waals surface area contributed by atoms with Gasteiger partial charge in [0.05, 0.1) is 14.2 Å². The minimum absolute atomic E-state index is 0.0196. The number of hydrogen-bond acceptors (Lipinski definition) is 6. The third kappa shape index (κ3) is 3.81. The van der Waals surface area contributed by atoms with Gasteiger partial charge in [-0.25, -0.2) is 0 Å². The highest BCUT2D eigenvalue weighted by atomic mass is 16.5. The molecule has 0 atom stereocenters. The van der Waals surface area contributed by atoms with Crippen LogP contribution in [-0.4, -0.2) is 25.9 Å². The van der Waals surface area contributed by atoms with Crippen molar-refractivity contribution >= 4 is 11.0 Å². The summed E-state index contributed by atoms with van der Waals surface area (Å²) in [6.45, 7) is 4.50. The second kappa shape index (κ2) is 8.08. The Balaban J connectivity index is 2.07. The highest BCUT2D eigenvalue weighted by Gasteiger charge is 2.20. The van der Waals surface area contributed by atoms with Crippen molar-refractivity contribution in [3.8, 4) is 34.3 Å². The van der Waals surface area contributed by atoms with Crippen LogP contribution in [0.5, 0.6) is 23.0 Å². The van der Waals surface area contributed by atoms with Crippen molar-refractivity contribution in [3.05, 3.63) is 58.3 Å². The number of allylic oxidation sites excluding steroid dienone is 1. The van der Waals surface area contributed by atoms with Crippen molar-refractivity contribution in [1.29, 1.82) is 0 Å². The molecular weight excluding hydrogens is 360 g/mol. The number of phenolic OH excluding ortho intramolecular Hbond substituents is 1. The Bertz CT molecular complexity index is 1070. The van der Waals surface area contributed by atoms with E-state index in [0.29, 0.717) is 23.7 Å². The summed E-state index contributed by atoms with van der Waals surface area (Å²) in [6, 6.07) is 10.1. The Morgan fingerprint density at radius 2 is 1.79 bits per heavy atom. The normalized spacial score (nSPS) is 10.6. The topological polar surface area (TPSA) is 78.1 Å². The molecule has 0 aliphatic rings. The number of rotatable bonds is 6. The van der Waals surface area contributed by atoms with Crippen molar-refractivity contribution in [2.24, 2.45) is 0 Å². The van der Waals surface area contributed by atoms with Crippen LogP contribution >= 0.6 is 0 Å². The molecule has 0 saturated heterocycles. The molecule has 1 aromatic heterocycles. The first kappa shape index (κ1) is 19.4. The molecule has 6 heteroatoms. The van der Waals surface area contributed by atoms with Crippen LogP contribution in [0.1, 0.15) is 13.8 Å². The molecule has 0 fully saturated rings. The second-order valence-corrected chi connectivity index (χ2v) is 6.43. The van der Waals surface area contributed by atoms with Crippen LogP contribution in [0.25, 0.3) is 22.3 Å². The van der Waals surface area contributed by atoms with Crippen LogP contribution in [0.15, 0.2) is 57.3 Å². The zero-order chi connectivity index (χ0) is 20.3. The molecule has 0 bridgehead atoms. The van der Waals surface area contributed by atoms with Gasteiger partial charge in [-0.05, 0) is 44.2 Å². The molecule has 6 nitrogen and oxygen atoms in total. The molecule has 1 N–H and O–H groups in total. The summed E-state index contributed by atoms with van der Waals surface area (Å²) in [5.74, 6) is 1.14. The van der Waals surface area contributed by atoms with Gasteiger partial charge in [0.25, 0.3) is 0 Å². The Morgan fingerprint density at radius 3 is 2.39 bits per heavy atom. The molecule has 0 aliphatic carbocycles. The van der Waals surface area contributed by atoms with Crippen molar-refractivity contribution in [2.75, 3.05) is 20.8 Å². The predicted molar refractivity (Wildman–Crippen MR) is 108 cm³/mol. The fraction of sp³-hybridized carbons (Fsp3) is 0.227. The molecule has 28 heavy (non-hydrogen) atoms. The quantitative estimate of drug-likeness (QED) is 0.631. The number of hydrogen-bond donors (Lipinski definition) is 1. The van der Waals surface area contributed by atoms with Gasteiger partial charge in [0.15, 0.2) is 5.76 Å². The molecule has 0 radical (unpaired) electrons. The summed E-state index contributed by atoms with van der Waals surface area (Å²) >= 11 is 0. The Morgan fingerprint density at radius 1 is 1.07 bits per heavy atom. The molecule has 3 rings (SSSR count). The van der Waals surface area contributed by atoms with E-state index < -0.39 is 5.43 Å². The summed E-state index contributed by atoms with van der Waals surface area (Å²) in [7, 11) is 2.86. The van der Waals surface area contributed by atoms with Gasteiger partial charge in [0, 0.05) is 17.7 Å². The fourth-order valence-electron chi connectivity index (χ4n) is 2.76. The third-order valence-corrected chi connectivity index (χ3v) is 4.20. The van der Waals surface area contributed by atoms with Crippen molar-refractivity contribution in [2.45, 2.75) is 13.8 Å². The highest BCUT2D eigenvalue weighted by Crippen LogP contribution is 2.36. The lowest BCUT2D eigenvalue weighted by atomic mass is 10.1. The average molecular weight is 382 g/mol. The number of fused-ring (bicyclic) bond motifs is 1. The lowest BCUT2D eigenvalue weighted by molar-refractivity contribution is 0.362. The van der Waals surface area contributed by atoms with E-state index in [9.17, 15) is 9.90 Å².